The van der Waals surface area contributed by atoms with Crippen LogP contribution in [0.5, 0.6) is 0 Å². The van der Waals surface area contributed by atoms with E-state index in [1.54, 1.807) is 24.3 Å². The molecule has 0 heterocycles. The van der Waals surface area contributed by atoms with Crippen LogP contribution in [-0.4, -0.2) is 17.4 Å². The molecule has 0 saturated carbocycles. The smallest absolute Gasteiger partial charge is 0.302 e. The Morgan fingerprint density at radius 1 is 1.50 bits per heavy atom. The number of hydrogen-bond donors (Lipinski definition) is 1. The van der Waals surface area contributed by atoms with E-state index < -0.39 is 0 Å². The lowest BCUT2D eigenvalue weighted by atomic mass is 10.1. The van der Waals surface area contributed by atoms with Gasteiger partial charge in [-0.15, -0.1) is 0 Å². The Morgan fingerprint density at radius 3 is 2.64 bits per heavy atom. The predicted molar refractivity (Wildman–Crippen MR) is 51.3 cm³/mol. The third kappa shape index (κ3) is 3.26. The molecule has 1 aromatic carbocycles. The average molecular weight is 193 g/mol. The number of carbonyl (C=O) groups excluding carboxylic acids is 1. The second-order valence-corrected chi connectivity index (χ2v) is 2.77. The average Bonchev–Trinajstić information content (AvgIpc) is 2.17. The number of rotatable bonds is 3. The molecule has 0 bridgehead atoms. The summed E-state index contributed by atoms with van der Waals surface area (Å²) in [4.78, 5) is 10.5. The maximum atomic E-state index is 10.5. The molecular formula is C10H11NO3. The Bertz CT molecular complexity index is 330. The number of ether oxygens (including phenoxy) is 1. The van der Waals surface area contributed by atoms with Crippen LogP contribution in [0.4, 0.5) is 0 Å². The van der Waals surface area contributed by atoms with Crippen molar-refractivity contribution in [1.82, 2.24) is 0 Å². The number of hydrogen-bond acceptors (Lipinski definition) is 4. The first-order valence-electron chi connectivity index (χ1n) is 4.12. The van der Waals surface area contributed by atoms with E-state index in [2.05, 4.69) is 5.16 Å². The van der Waals surface area contributed by atoms with E-state index in [9.17, 15) is 4.79 Å². The number of nitrogens with zero attached hydrogens (tertiary/aromatic N) is 1. The predicted octanol–water partition coefficient (Wildman–Crippen LogP) is 1.56. The monoisotopic (exact) mass is 193 g/mol. The van der Waals surface area contributed by atoms with E-state index in [1.165, 1.54) is 13.1 Å². The molecule has 0 unspecified atom stereocenters. The van der Waals surface area contributed by atoms with Crippen molar-refractivity contribution in [2.24, 2.45) is 5.16 Å². The molecule has 1 N–H and O–H groups in total. The van der Waals surface area contributed by atoms with Gasteiger partial charge in [0.25, 0.3) is 0 Å². The quantitative estimate of drug-likeness (QED) is 0.343. The summed E-state index contributed by atoms with van der Waals surface area (Å²) in [6.07, 6.45) is 1.33. The molecular weight excluding hydrogens is 182 g/mol. The molecule has 4 nitrogen and oxygen atoms in total. The largest absolute Gasteiger partial charge is 0.461 e. The van der Waals surface area contributed by atoms with Gasteiger partial charge in [0.15, 0.2) is 0 Å². The van der Waals surface area contributed by atoms with Gasteiger partial charge < -0.3 is 9.94 Å². The summed E-state index contributed by atoms with van der Waals surface area (Å²) in [5.41, 5.74) is 1.69. The first-order chi connectivity index (χ1) is 6.72. The highest BCUT2D eigenvalue weighted by molar-refractivity contribution is 5.78. The molecule has 14 heavy (non-hydrogen) atoms. The Balaban J connectivity index is 2.59. The zero-order chi connectivity index (χ0) is 10.4. The molecule has 4 heteroatoms. The van der Waals surface area contributed by atoms with E-state index in [4.69, 9.17) is 9.94 Å². The highest BCUT2D eigenvalue weighted by Crippen LogP contribution is 2.04. The van der Waals surface area contributed by atoms with Crippen molar-refractivity contribution >= 4 is 12.2 Å². The topological polar surface area (TPSA) is 58.9 Å². The van der Waals surface area contributed by atoms with Gasteiger partial charge in [-0.1, -0.05) is 29.4 Å². The second-order valence-electron chi connectivity index (χ2n) is 2.77. The van der Waals surface area contributed by atoms with Crippen LogP contribution in [0.3, 0.4) is 0 Å². The van der Waals surface area contributed by atoms with Gasteiger partial charge >= 0.3 is 5.97 Å². The van der Waals surface area contributed by atoms with Crippen molar-refractivity contribution in [3.8, 4) is 0 Å². The summed E-state index contributed by atoms with van der Waals surface area (Å²) >= 11 is 0. The molecule has 0 aromatic heterocycles. The fourth-order valence-electron chi connectivity index (χ4n) is 0.952. The molecule has 0 aliphatic carbocycles. The van der Waals surface area contributed by atoms with Crippen molar-refractivity contribution in [2.75, 3.05) is 0 Å². The zero-order valence-corrected chi connectivity index (χ0v) is 7.80. The van der Waals surface area contributed by atoms with Crippen LogP contribution < -0.4 is 0 Å². The van der Waals surface area contributed by atoms with Crippen molar-refractivity contribution < 1.29 is 14.7 Å². The summed E-state index contributed by atoms with van der Waals surface area (Å²) in [6.45, 7) is 1.64. The number of oxime groups is 1. The van der Waals surface area contributed by atoms with E-state index in [1.807, 2.05) is 0 Å². The van der Waals surface area contributed by atoms with Gasteiger partial charge in [-0.2, -0.15) is 0 Å². The molecule has 1 aromatic rings. The van der Waals surface area contributed by atoms with Crippen LogP contribution in [0, 0.1) is 0 Å². The van der Waals surface area contributed by atoms with Gasteiger partial charge in [0.2, 0.25) is 0 Å². The van der Waals surface area contributed by atoms with Crippen LogP contribution >= 0.6 is 0 Å². The second kappa shape index (κ2) is 5.01. The highest BCUT2D eigenvalue weighted by atomic mass is 16.5. The van der Waals surface area contributed by atoms with Crippen LogP contribution in [0.1, 0.15) is 18.1 Å². The molecule has 0 fully saturated rings. The Kier molecular flexibility index (Phi) is 3.67. The molecule has 0 atom stereocenters. The zero-order valence-electron chi connectivity index (χ0n) is 7.80. The Morgan fingerprint density at radius 2 is 2.14 bits per heavy atom. The van der Waals surface area contributed by atoms with Crippen LogP contribution in [0.2, 0.25) is 0 Å². The van der Waals surface area contributed by atoms with Gasteiger partial charge in [-0.3, -0.25) is 4.79 Å². The molecule has 0 aliphatic heterocycles. The maximum Gasteiger partial charge on any atom is 0.302 e. The lowest BCUT2D eigenvalue weighted by Gasteiger charge is -2.01. The van der Waals surface area contributed by atoms with Crippen molar-refractivity contribution in [3.05, 3.63) is 35.4 Å². The molecule has 0 radical (unpaired) electrons. The minimum Gasteiger partial charge on any atom is -0.461 e. The molecule has 0 saturated heterocycles. The van der Waals surface area contributed by atoms with Crippen molar-refractivity contribution in [3.63, 3.8) is 0 Å². The molecule has 74 valence electrons. The Labute approximate surface area is 81.8 Å². The lowest BCUT2D eigenvalue weighted by molar-refractivity contribution is -0.142. The maximum absolute atomic E-state index is 10.5. The van der Waals surface area contributed by atoms with Gasteiger partial charge in [-0.25, -0.2) is 0 Å². The van der Waals surface area contributed by atoms with Crippen molar-refractivity contribution in [1.29, 1.82) is 0 Å². The number of carbonyl (C=O) groups is 1. The highest BCUT2D eigenvalue weighted by Gasteiger charge is 1.95. The van der Waals surface area contributed by atoms with E-state index in [0.717, 1.165) is 11.1 Å². The summed E-state index contributed by atoms with van der Waals surface area (Å²) in [5.74, 6) is -0.300. The molecule has 0 aliphatic rings. The van der Waals surface area contributed by atoms with Crippen LogP contribution in [0.15, 0.2) is 29.4 Å². The lowest BCUT2D eigenvalue weighted by Crippen LogP contribution is -1.98. The minimum atomic E-state index is -0.300. The Hall–Kier alpha value is -1.84. The fourth-order valence-corrected chi connectivity index (χ4v) is 0.952. The van der Waals surface area contributed by atoms with Gasteiger partial charge in [0.1, 0.15) is 6.61 Å². The third-order valence-corrected chi connectivity index (χ3v) is 1.63. The molecule has 0 amide bonds. The first kappa shape index (κ1) is 10.2. The van der Waals surface area contributed by atoms with Gasteiger partial charge in [0.05, 0.1) is 6.21 Å². The summed E-state index contributed by atoms with van der Waals surface area (Å²) in [5, 5.41) is 11.2. The number of benzene rings is 1. The number of esters is 1. The first-order valence-corrected chi connectivity index (χ1v) is 4.12. The third-order valence-electron chi connectivity index (χ3n) is 1.63. The van der Waals surface area contributed by atoms with E-state index >= 15 is 0 Å². The van der Waals surface area contributed by atoms with Crippen molar-refractivity contribution in [2.45, 2.75) is 13.5 Å². The van der Waals surface area contributed by atoms with E-state index in [-0.39, 0.29) is 12.6 Å². The van der Waals surface area contributed by atoms with E-state index in [0.29, 0.717) is 0 Å². The SMILES string of the molecule is CC(=O)OCc1ccc(/C=N/O)cc1. The summed E-state index contributed by atoms with van der Waals surface area (Å²) < 4.78 is 4.81. The summed E-state index contributed by atoms with van der Waals surface area (Å²) in [7, 11) is 0. The fraction of sp³-hybridized carbons (Fsp3) is 0.200. The standard InChI is InChI=1S/C10H11NO3/c1-8(12)14-7-10-4-2-9(3-5-10)6-11-13/h2-6,13H,7H2,1H3/b11-6+. The van der Waals surface area contributed by atoms with Crippen LogP contribution in [-0.2, 0) is 16.1 Å². The molecule has 0 spiro atoms. The molecule has 1 rings (SSSR count). The summed E-state index contributed by atoms with van der Waals surface area (Å²) in [6, 6.07) is 7.16. The van der Waals surface area contributed by atoms with Gasteiger partial charge in [0, 0.05) is 6.92 Å². The van der Waals surface area contributed by atoms with Crippen LogP contribution in [0.25, 0.3) is 0 Å². The normalized spacial score (nSPS) is 10.4. The minimum absolute atomic E-state index is 0.270. The van der Waals surface area contributed by atoms with Gasteiger partial charge in [-0.05, 0) is 11.1 Å².